The highest BCUT2D eigenvalue weighted by Crippen LogP contribution is 2.61. The van der Waals surface area contributed by atoms with E-state index >= 15 is 0 Å². The molecule has 1 atom stereocenters. The summed E-state index contributed by atoms with van der Waals surface area (Å²) in [6.07, 6.45) is 4.19. The van der Waals surface area contributed by atoms with Gasteiger partial charge in [-0.25, -0.2) is 26.7 Å². The summed E-state index contributed by atoms with van der Waals surface area (Å²) in [6, 6.07) is 3.86. The molecule has 0 bridgehead atoms. The van der Waals surface area contributed by atoms with Crippen LogP contribution in [0.1, 0.15) is 38.7 Å². The number of alkyl halides is 2. The largest absolute Gasteiger partial charge is 0.331 e. The number of fused-ring (bicyclic) bond motifs is 1. The van der Waals surface area contributed by atoms with E-state index in [1.165, 1.54) is 36.0 Å². The van der Waals surface area contributed by atoms with Crippen LogP contribution in [0.3, 0.4) is 0 Å². The summed E-state index contributed by atoms with van der Waals surface area (Å²) in [5, 5.41) is 4.01. The zero-order chi connectivity index (χ0) is 24.7. The van der Waals surface area contributed by atoms with E-state index in [1.807, 2.05) is 0 Å². The lowest BCUT2D eigenvalue weighted by Gasteiger charge is -2.18. The Bertz CT molecular complexity index is 1550. The topological polar surface area (TPSA) is 108 Å². The van der Waals surface area contributed by atoms with Gasteiger partial charge in [-0.1, -0.05) is 6.92 Å². The Morgan fingerprint density at radius 1 is 1.15 bits per heavy atom. The number of rotatable bonds is 7. The Balaban J connectivity index is 1.69. The average molecular weight is 494 g/mol. The van der Waals surface area contributed by atoms with Crippen LogP contribution >= 0.6 is 0 Å². The zero-order valence-electron chi connectivity index (χ0n) is 19.0. The van der Waals surface area contributed by atoms with Crippen LogP contribution in [-0.2, 0) is 30.2 Å². The van der Waals surface area contributed by atoms with Crippen LogP contribution in [0.2, 0.25) is 0 Å². The molecule has 0 saturated heterocycles. The second kappa shape index (κ2) is 7.08. The number of hydrogen-bond acceptors (Lipinski definition) is 5. The first-order valence-electron chi connectivity index (χ1n) is 10.9. The van der Waals surface area contributed by atoms with E-state index in [2.05, 4.69) is 9.82 Å². The first-order chi connectivity index (χ1) is 15.7. The Labute approximate surface area is 194 Å². The molecule has 2 heterocycles. The average Bonchev–Trinajstić information content (AvgIpc) is 3.50. The van der Waals surface area contributed by atoms with Crippen molar-refractivity contribution in [3.63, 3.8) is 0 Å². The summed E-state index contributed by atoms with van der Waals surface area (Å²) >= 11 is 0. The molecule has 1 N–H and O–H groups in total. The third-order valence-electron chi connectivity index (χ3n) is 6.86. The van der Waals surface area contributed by atoms with Crippen LogP contribution in [0.4, 0.5) is 8.78 Å². The van der Waals surface area contributed by atoms with Crippen LogP contribution in [-0.4, -0.2) is 38.8 Å². The fourth-order valence-electron chi connectivity index (χ4n) is 4.24. The summed E-state index contributed by atoms with van der Waals surface area (Å²) in [5.41, 5.74) is -2.67. The second-order valence-corrected chi connectivity index (χ2v) is 11.8. The standard InChI is InChI=1S/C22H25F2N5O4S/c1-20(12-22(20,23)24)13-29-17-5-4-15(34(32,33)26-21(2)6-7-21)8-16(17)18(30)28(19(29)31)11-14-9-25-27(3)10-14/h4-5,8-10,26H,6-7,11-13H2,1-3H3. The van der Waals surface area contributed by atoms with Crippen molar-refractivity contribution in [3.8, 4) is 0 Å². The Hall–Kier alpha value is -2.86. The molecular formula is C22H25F2N5O4S. The van der Waals surface area contributed by atoms with Crippen molar-refractivity contribution in [2.75, 3.05) is 0 Å². The molecule has 2 saturated carbocycles. The highest BCUT2D eigenvalue weighted by Gasteiger charge is 2.68. The SMILES string of the molecule is Cn1cc(Cn2c(=O)c3cc(S(=O)(=O)NC4(C)CC4)ccc3n(CC3(C)CC3(F)F)c2=O)cn1. The Kier molecular flexibility index (Phi) is 4.77. The first kappa shape index (κ1) is 22.9. The smallest absolute Gasteiger partial charge is 0.292 e. The number of sulfonamides is 1. The minimum Gasteiger partial charge on any atom is -0.292 e. The molecule has 2 fully saturated rings. The fourth-order valence-corrected chi connectivity index (χ4v) is 5.73. The van der Waals surface area contributed by atoms with E-state index in [0.717, 1.165) is 9.13 Å². The minimum atomic E-state index is -3.92. The van der Waals surface area contributed by atoms with Gasteiger partial charge < -0.3 is 0 Å². The minimum absolute atomic E-state index is 0.0279. The molecule has 182 valence electrons. The van der Waals surface area contributed by atoms with Crippen molar-refractivity contribution < 1.29 is 17.2 Å². The normalized spacial score (nSPS) is 22.7. The number of hydrogen-bond donors (Lipinski definition) is 1. The summed E-state index contributed by atoms with van der Waals surface area (Å²) < 4.78 is 60.1. The number of aryl methyl sites for hydroxylation is 1. The van der Waals surface area contributed by atoms with Crippen molar-refractivity contribution >= 4 is 20.9 Å². The lowest BCUT2D eigenvalue weighted by Crippen LogP contribution is -2.42. The van der Waals surface area contributed by atoms with Gasteiger partial charge in [-0.3, -0.25) is 18.6 Å². The second-order valence-electron chi connectivity index (χ2n) is 10.1. The van der Waals surface area contributed by atoms with Crippen LogP contribution in [0.15, 0.2) is 45.1 Å². The molecule has 0 radical (unpaired) electrons. The Morgan fingerprint density at radius 3 is 2.38 bits per heavy atom. The molecule has 2 aliphatic carbocycles. The Morgan fingerprint density at radius 2 is 1.82 bits per heavy atom. The molecular weight excluding hydrogens is 468 g/mol. The maximum atomic E-state index is 14.0. The number of halogens is 2. The van der Waals surface area contributed by atoms with Gasteiger partial charge in [-0.05, 0) is 38.0 Å². The molecule has 3 aromatic rings. The van der Waals surface area contributed by atoms with E-state index in [-0.39, 0.29) is 35.3 Å². The van der Waals surface area contributed by atoms with E-state index in [1.54, 1.807) is 20.2 Å². The number of aromatic nitrogens is 4. The van der Waals surface area contributed by atoms with E-state index in [9.17, 15) is 26.8 Å². The quantitative estimate of drug-likeness (QED) is 0.540. The van der Waals surface area contributed by atoms with Crippen molar-refractivity contribution in [3.05, 3.63) is 57.0 Å². The van der Waals surface area contributed by atoms with Gasteiger partial charge in [0.15, 0.2) is 0 Å². The molecule has 1 aromatic carbocycles. The van der Waals surface area contributed by atoms with Crippen molar-refractivity contribution in [1.82, 2.24) is 23.6 Å². The van der Waals surface area contributed by atoms with Gasteiger partial charge in [0.1, 0.15) is 0 Å². The van der Waals surface area contributed by atoms with Gasteiger partial charge in [0.25, 0.3) is 11.5 Å². The van der Waals surface area contributed by atoms with Gasteiger partial charge in [0, 0.05) is 37.3 Å². The highest BCUT2D eigenvalue weighted by atomic mass is 32.2. The van der Waals surface area contributed by atoms with E-state index in [4.69, 9.17) is 0 Å². The molecule has 0 spiro atoms. The van der Waals surface area contributed by atoms with Gasteiger partial charge in [0.05, 0.1) is 34.0 Å². The summed E-state index contributed by atoms with van der Waals surface area (Å²) in [6.45, 7) is 2.76. The zero-order valence-corrected chi connectivity index (χ0v) is 19.8. The third kappa shape index (κ3) is 3.78. The number of nitrogens with zero attached hydrogens (tertiary/aromatic N) is 4. The molecule has 5 rings (SSSR count). The molecule has 2 aliphatic rings. The monoisotopic (exact) mass is 493 g/mol. The number of benzene rings is 1. The summed E-state index contributed by atoms with van der Waals surface area (Å²) in [7, 11) is -2.23. The predicted octanol–water partition coefficient (Wildman–Crippen LogP) is 1.82. The molecule has 2 aromatic heterocycles. The van der Waals surface area contributed by atoms with Gasteiger partial charge in [-0.15, -0.1) is 0 Å². The van der Waals surface area contributed by atoms with Crippen LogP contribution in [0, 0.1) is 5.41 Å². The van der Waals surface area contributed by atoms with E-state index in [0.29, 0.717) is 18.4 Å². The maximum Gasteiger partial charge on any atom is 0.331 e. The molecule has 34 heavy (non-hydrogen) atoms. The maximum absolute atomic E-state index is 14.0. The van der Waals surface area contributed by atoms with E-state index < -0.39 is 38.1 Å². The van der Waals surface area contributed by atoms with Crippen molar-refractivity contribution in [1.29, 1.82) is 0 Å². The fraction of sp³-hybridized carbons (Fsp3) is 0.500. The molecule has 12 heteroatoms. The third-order valence-corrected chi connectivity index (χ3v) is 8.50. The molecule has 0 amide bonds. The molecule has 1 unspecified atom stereocenters. The van der Waals surface area contributed by atoms with Crippen LogP contribution in [0.5, 0.6) is 0 Å². The van der Waals surface area contributed by atoms with Crippen molar-refractivity contribution in [2.45, 2.75) is 62.6 Å². The highest BCUT2D eigenvalue weighted by molar-refractivity contribution is 7.89. The lowest BCUT2D eigenvalue weighted by atomic mass is 10.1. The number of nitrogens with one attached hydrogen (secondary N) is 1. The first-order valence-corrected chi connectivity index (χ1v) is 12.4. The van der Waals surface area contributed by atoms with Crippen LogP contribution < -0.4 is 16.0 Å². The van der Waals surface area contributed by atoms with Gasteiger partial charge >= 0.3 is 5.69 Å². The van der Waals surface area contributed by atoms with Crippen LogP contribution in [0.25, 0.3) is 10.9 Å². The molecule has 9 nitrogen and oxygen atoms in total. The summed E-state index contributed by atoms with van der Waals surface area (Å²) in [5.74, 6) is -2.92. The van der Waals surface area contributed by atoms with Crippen molar-refractivity contribution in [2.24, 2.45) is 12.5 Å². The lowest BCUT2D eigenvalue weighted by molar-refractivity contribution is 0.0635. The predicted molar refractivity (Wildman–Crippen MR) is 120 cm³/mol. The van der Waals surface area contributed by atoms with Gasteiger partial charge in [0.2, 0.25) is 10.0 Å². The summed E-state index contributed by atoms with van der Waals surface area (Å²) in [4.78, 5) is 26.6. The van der Waals surface area contributed by atoms with Gasteiger partial charge in [-0.2, -0.15) is 5.10 Å². The molecule has 0 aliphatic heterocycles.